The Hall–Kier alpha value is -1.70. The minimum absolute atomic E-state index is 0. The van der Waals surface area contributed by atoms with Crippen LogP contribution in [-0.2, 0) is 11.3 Å². The van der Waals surface area contributed by atoms with Gasteiger partial charge in [0.15, 0.2) is 0 Å². The molecule has 1 saturated carbocycles. The lowest BCUT2D eigenvalue weighted by Crippen LogP contribution is -2.38. The average molecular weight is 402 g/mol. The molecule has 9 heteroatoms. The number of nitrogens with zero attached hydrogens (tertiary/aromatic N) is 3. The molecule has 3 N–H and O–H groups in total. The minimum Gasteiger partial charge on any atom is -0.347 e. The normalized spacial score (nSPS) is 15.4. The molecule has 2 aromatic heterocycles. The van der Waals surface area contributed by atoms with E-state index in [1.54, 1.807) is 24.5 Å². The lowest BCUT2D eigenvalue weighted by Gasteiger charge is -2.35. The third kappa shape index (κ3) is 5.65. The molecule has 3 rings (SSSR count). The Bertz CT molecular complexity index is 675. The highest BCUT2D eigenvalue weighted by molar-refractivity contribution is 5.85. The molecule has 0 unspecified atom stereocenters. The minimum atomic E-state index is -0.0423. The van der Waals surface area contributed by atoms with Crippen molar-refractivity contribution in [3.05, 3.63) is 30.4 Å². The van der Waals surface area contributed by atoms with E-state index in [9.17, 15) is 4.79 Å². The van der Waals surface area contributed by atoms with Crippen molar-refractivity contribution in [2.45, 2.75) is 45.1 Å². The maximum absolute atomic E-state index is 12.3. The third-order valence-electron chi connectivity index (χ3n) is 4.73. The quantitative estimate of drug-likeness (QED) is 0.770. The fourth-order valence-electron chi connectivity index (χ4n) is 3.28. The highest BCUT2D eigenvalue weighted by Gasteiger charge is 2.32. The summed E-state index contributed by atoms with van der Waals surface area (Å²) >= 11 is 0. The Labute approximate surface area is 165 Å². The Balaban J connectivity index is 0.00000169. The number of nitrogens with one attached hydrogen (secondary N) is 1. The second-order valence-electron chi connectivity index (χ2n) is 6.47. The molecule has 2 aromatic rings. The molecular formula is C17H25Cl2N5O2. The SMILES string of the molecule is Cl.Cl.NCC1(CC(=O)NCc2nc(-c3ccncc3)no2)CCCCC1. The van der Waals surface area contributed by atoms with Crippen molar-refractivity contribution in [2.75, 3.05) is 6.54 Å². The van der Waals surface area contributed by atoms with Crippen LogP contribution in [0.25, 0.3) is 11.4 Å². The summed E-state index contributed by atoms with van der Waals surface area (Å²) in [5.41, 5.74) is 6.72. The van der Waals surface area contributed by atoms with Crippen LogP contribution in [0.2, 0.25) is 0 Å². The monoisotopic (exact) mass is 401 g/mol. The van der Waals surface area contributed by atoms with Gasteiger partial charge in [-0.05, 0) is 36.9 Å². The molecule has 1 fully saturated rings. The third-order valence-corrected chi connectivity index (χ3v) is 4.73. The highest BCUT2D eigenvalue weighted by Crippen LogP contribution is 2.38. The first kappa shape index (κ1) is 22.3. The van der Waals surface area contributed by atoms with Gasteiger partial charge in [0, 0.05) is 24.4 Å². The molecule has 0 bridgehead atoms. The van der Waals surface area contributed by atoms with E-state index in [1.807, 2.05) is 0 Å². The van der Waals surface area contributed by atoms with Crippen LogP contribution in [-0.4, -0.2) is 27.6 Å². The number of hydrogen-bond acceptors (Lipinski definition) is 6. The van der Waals surface area contributed by atoms with Gasteiger partial charge in [-0.1, -0.05) is 24.4 Å². The summed E-state index contributed by atoms with van der Waals surface area (Å²) in [6.45, 7) is 0.796. The van der Waals surface area contributed by atoms with Gasteiger partial charge in [-0.25, -0.2) is 0 Å². The summed E-state index contributed by atoms with van der Waals surface area (Å²) in [6.07, 6.45) is 9.42. The number of halogens is 2. The lowest BCUT2D eigenvalue weighted by atomic mass is 9.71. The standard InChI is InChI=1S/C17H23N5O2.2ClH/c18-12-17(6-2-1-3-7-17)10-14(23)20-11-15-21-16(22-24-15)13-4-8-19-9-5-13;;/h4-5,8-9H,1-3,6-7,10-12,18H2,(H,20,23);2*1H. The van der Waals surface area contributed by atoms with E-state index in [1.165, 1.54) is 6.42 Å². The molecule has 0 atom stereocenters. The van der Waals surface area contributed by atoms with Crippen LogP contribution in [0.4, 0.5) is 0 Å². The smallest absolute Gasteiger partial charge is 0.246 e. The summed E-state index contributed by atoms with van der Waals surface area (Å²) in [6, 6.07) is 3.61. The van der Waals surface area contributed by atoms with Gasteiger partial charge in [0.2, 0.25) is 17.6 Å². The van der Waals surface area contributed by atoms with E-state index >= 15 is 0 Å². The Morgan fingerprint density at radius 1 is 1.19 bits per heavy atom. The summed E-state index contributed by atoms with van der Waals surface area (Å²) in [5, 5.41) is 6.79. The van der Waals surface area contributed by atoms with Gasteiger partial charge in [0.05, 0.1) is 6.54 Å². The van der Waals surface area contributed by atoms with Crippen LogP contribution in [0, 0.1) is 5.41 Å². The molecular weight excluding hydrogens is 377 g/mol. The molecule has 0 spiro atoms. The van der Waals surface area contributed by atoms with E-state index < -0.39 is 0 Å². The van der Waals surface area contributed by atoms with Gasteiger partial charge in [0.1, 0.15) is 0 Å². The molecule has 0 radical (unpaired) electrons. The Kier molecular flexibility index (Phi) is 8.98. The van der Waals surface area contributed by atoms with E-state index in [4.69, 9.17) is 10.3 Å². The van der Waals surface area contributed by atoms with Crippen molar-refractivity contribution in [1.82, 2.24) is 20.4 Å². The highest BCUT2D eigenvalue weighted by atomic mass is 35.5. The second-order valence-corrected chi connectivity index (χ2v) is 6.47. The zero-order chi connectivity index (χ0) is 16.8. The number of carbonyl (C=O) groups excluding carboxylic acids is 1. The molecule has 1 amide bonds. The van der Waals surface area contributed by atoms with Crippen molar-refractivity contribution in [3.8, 4) is 11.4 Å². The van der Waals surface area contributed by atoms with E-state index in [2.05, 4.69) is 20.4 Å². The zero-order valence-electron chi connectivity index (χ0n) is 14.5. The zero-order valence-corrected chi connectivity index (χ0v) is 16.2. The summed E-state index contributed by atoms with van der Waals surface area (Å²) < 4.78 is 5.19. The topological polar surface area (TPSA) is 107 Å². The van der Waals surface area contributed by atoms with Crippen LogP contribution < -0.4 is 11.1 Å². The molecule has 2 heterocycles. The average Bonchev–Trinajstić information content (AvgIpc) is 3.11. The summed E-state index contributed by atoms with van der Waals surface area (Å²) in [7, 11) is 0. The molecule has 0 aliphatic heterocycles. The number of hydrogen-bond donors (Lipinski definition) is 2. The molecule has 7 nitrogen and oxygen atoms in total. The van der Waals surface area contributed by atoms with Gasteiger partial charge in [0.25, 0.3) is 0 Å². The number of amides is 1. The van der Waals surface area contributed by atoms with Crippen molar-refractivity contribution in [1.29, 1.82) is 0 Å². The molecule has 1 aliphatic rings. The summed E-state index contributed by atoms with van der Waals surface area (Å²) in [5.74, 6) is 0.874. The number of aromatic nitrogens is 3. The first-order valence-corrected chi connectivity index (χ1v) is 8.41. The molecule has 26 heavy (non-hydrogen) atoms. The van der Waals surface area contributed by atoms with Crippen molar-refractivity contribution >= 4 is 30.7 Å². The molecule has 0 saturated heterocycles. The number of pyridine rings is 1. The Morgan fingerprint density at radius 3 is 2.54 bits per heavy atom. The molecule has 144 valence electrons. The van der Waals surface area contributed by atoms with Crippen molar-refractivity contribution in [3.63, 3.8) is 0 Å². The van der Waals surface area contributed by atoms with Gasteiger partial charge in [-0.3, -0.25) is 9.78 Å². The van der Waals surface area contributed by atoms with Gasteiger partial charge < -0.3 is 15.6 Å². The van der Waals surface area contributed by atoms with E-state index in [-0.39, 0.29) is 42.7 Å². The number of nitrogens with two attached hydrogens (primary N) is 1. The van der Waals surface area contributed by atoms with Crippen LogP contribution >= 0.6 is 24.8 Å². The van der Waals surface area contributed by atoms with Gasteiger partial charge in [-0.2, -0.15) is 4.98 Å². The molecule has 1 aliphatic carbocycles. The predicted octanol–water partition coefficient (Wildman–Crippen LogP) is 2.89. The predicted molar refractivity (Wildman–Crippen MR) is 103 cm³/mol. The van der Waals surface area contributed by atoms with Crippen LogP contribution in [0.3, 0.4) is 0 Å². The largest absolute Gasteiger partial charge is 0.347 e. The maximum Gasteiger partial charge on any atom is 0.246 e. The number of carbonyl (C=O) groups is 1. The van der Waals surface area contributed by atoms with Gasteiger partial charge >= 0.3 is 0 Å². The van der Waals surface area contributed by atoms with Crippen LogP contribution in [0.5, 0.6) is 0 Å². The Morgan fingerprint density at radius 2 is 1.88 bits per heavy atom. The fourth-order valence-corrected chi connectivity index (χ4v) is 3.28. The first-order chi connectivity index (χ1) is 11.7. The van der Waals surface area contributed by atoms with E-state index in [0.29, 0.717) is 24.7 Å². The number of rotatable bonds is 6. The van der Waals surface area contributed by atoms with Crippen LogP contribution in [0.15, 0.2) is 29.0 Å². The fraction of sp³-hybridized carbons (Fsp3) is 0.529. The lowest BCUT2D eigenvalue weighted by molar-refractivity contribution is -0.124. The van der Waals surface area contributed by atoms with Gasteiger partial charge in [-0.15, -0.1) is 24.8 Å². The van der Waals surface area contributed by atoms with Crippen LogP contribution in [0.1, 0.15) is 44.4 Å². The molecule has 0 aromatic carbocycles. The van der Waals surface area contributed by atoms with E-state index in [0.717, 1.165) is 31.2 Å². The first-order valence-electron chi connectivity index (χ1n) is 8.41. The second kappa shape index (κ2) is 10.4. The van der Waals surface area contributed by atoms with Crippen molar-refractivity contribution in [2.24, 2.45) is 11.1 Å². The summed E-state index contributed by atoms with van der Waals surface area (Å²) in [4.78, 5) is 20.5. The van der Waals surface area contributed by atoms with Crippen molar-refractivity contribution < 1.29 is 9.32 Å². The maximum atomic E-state index is 12.3.